The molecule has 0 aliphatic rings. The summed E-state index contributed by atoms with van der Waals surface area (Å²) in [6.07, 6.45) is 5.91. The zero-order valence-electron chi connectivity index (χ0n) is 17.2. The molecule has 0 saturated heterocycles. The highest BCUT2D eigenvalue weighted by Gasteiger charge is 2.11. The summed E-state index contributed by atoms with van der Waals surface area (Å²) < 4.78 is 13.4. The van der Waals surface area contributed by atoms with Crippen molar-refractivity contribution in [1.29, 1.82) is 0 Å². The van der Waals surface area contributed by atoms with Crippen molar-refractivity contribution in [1.82, 2.24) is 20.2 Å². The van der Waals surface area contributed by atoms with E-state index in [2.05, 4.69) is 38.1 Å². The SMILES string of the molecule is C=C(Nc1ccc(Cc2cccc(F)c2)nc1)c1n[nH]c2ccc(-c3cccnc3)cc12. The molecule has 156 valence electrons. The molecular formula is C26H20FN5. The van der Waals surface area contributed by atoms with Crippen molar-refractivity contribution >= 4 is 22.3 Å². The summed E-state index contributed by atoms with van der Waals surface area (Å²) in [6.45, 7) is 4.17. The van der Waals surface area contributed by atoms with E-state index in [0.717, 1.165) is 44.7 Å². The van der Waals surface area contributed by atoms with E-state index in [1.807, 2.05) is 48.7 Å². The maximum atomic E-state index is 13.4. The van der Waals surface area contributed by atoms with Crippen molar-refractivity contribution in [2.24, 2.45) is 0 Å². The number of benzene rings is 2. The van der Waals surface area contributed by atoms with Crippen LogP contribution in [0.3, 0.4) is 0 Å². The zero-order chi connectivity index (χ0) is 21.9. The normalized spacial score (nSPS) is 10.9. The molecule has 5 rings (SSSR count). The highest BCUT2D eigenvalue weighted by atomic mass is 19.1. The summed E-state index contributed by atoms with van der Waals surface area (Å²) in [5, 5.41) is 11.8. The molecule has 0 unspecified atom stereocenters. The molecule has 32 heavy (non-hydrogen) atoms. The lowest BCUT2D eigenvalue weighted by Crippen LogP contribution is -2.00. The lowest BCUT2D eigenvalue weighted by molar-refractivity contribution is 0.626. The number of aromatic amines is 1. The van der Waals surface area contributed by atoms with Crippen LogP contribution in [0.15, 0.2) is 91.9 Å². The summed E-state index contributed by atoms with van der Waals surface area (Å²) >= 11 is 0. The molecule has 0 saturated carbocycles. The van der Waals surface area contributed by atoms with Crippen LogP contribution in [0.4, 0.5) is 10.1 Å². The number of pyridine rings is 2. The fraction of sp³-hybridized carbons (Fsp3) is 0.0385. The molecule has 0 atom stereocenters. The van der Waals surface area contributed by atoms with E-state index >= 15 is 0 Å². The highest BCUT2D eigenvalue weighted by molar-refractivity contribution is 5.94. The van der Waals surface area contributed by atoms with Crippen LogP contribution in [0.2, 0.25) is 0 Å². The molecule has 0 radical (unpaired) electrons. The fourth-order valence-corrected chi connectivity index (χ4v) is 3.65. The molecule has 0 aliphatic heterocycles. The van der Waals surface area contributed by atoms with Gasteiger partial charge in [-0.2, -0.15) is 5.10 Å². The van der Waals surface area contributed by atoms with E-state index in [-0.39, 0.29) is 5.82 Å². The molecule has 5 nitrogen and oxygen atoms in total. The third kappa shape index (κ3) is 4.11. The van der Waals surface area contributed by atoms with Gasteiger partial charge in [0.1, 0.15) is 11.5 Å². The van der Waals surface area contributed by atoms with Crippen LogP contribution in [0.5, 0.6) is 0 Å². The summed E-state index contributed by atoms with van der Waals surface area (Å²) in [6, 6.07) is 20.5. The second-order valence-electron chi connectivity index (χ2n) is 7.52. The Labute approximate surface area is 184 Å². The van der Waals surface area contributed by atoms with Crippen LogP contribution < -0.4 is 5.32 Å². The number of hydrogen-bond donors (Lipinski definition) is 2. The minimum Gasteiger partial charge on any atom is -0.353 e. The van der Waals surface area contributed by atoms with E-state index in [1.165, 1.54) is 12.1 Å². The van der Waals surface area contributed by atoms with Gasteiger partial charge in [-0.3, -0.25) is 15.1 Å². The predicted molar refractivity (Wildman–Crippen MR) is 125 cm³/mol. The van der Waals surface area contributed by atoms with Gasteiger partial charge >= 0.3 is 0 Å². The molecule has 0 amide bonds. The first-order valence-corrected chi connectivity index (χ1v) is 10.2. The number of halogens is 1. The van der Waals surface area contributed by atoms with Crippen molar-refractivity contribution in [3.63, 3.8) is 0 Å². The zero-order valence-corrected chi connectivity index (χ0v) is 17.2. The Morgan fingerprint density at radius 2 is 1.91 bits per heavy atom. The molecule has 6 heteroatoms. The molecular weight excluding hydrogens is 401 g/mol. The molecule has 2 aromatic carbocycles. The third-order valence-electron chi connectivity index (χ3n) is 5.24. The van der Waals surface area contributed by atoms with E-state index in [4.69, 9.17) is 0 Å². The van der Waals surface area contributed by atoms with Gasteiger partial charge in [-0.1, -0.05) is 30.8 Å². The number of anilines is 1. The summed E-state index contributed by atoms with van der Waals surface area (Å²) in [4.78, 5) is 8.69. The Morgan fingerprint density at radius 3 is 2.69 bits per heavy atom. The first-order chi connectivity index (χ1) is 15.7. The van der Waals surface area contributed by atoms with Gasteiger partial charge in [-0.25, -0.2) is 4.39 Å². The smallest absolute Gasteiger partial charge is 0.123 e. The van der Waals surface area contributed by atoms with Crippen molar-refractivity contribution in [2.75, 3.05) is 5.32 Å². The van der Waals surface area contributed by atoms with Crippen LogP contribution >= 0.6 is 0 Å². The lowest BCUT2D eigenvalue weighted by atomic mass is 10.0. The first-order valence-electron chi connectivity index (χ1n) is 10.2. The van der Waals surface area contributed by atoms with E-state index < -0.39 is 0 Å². The van der Waals surface area contributed by atoms with Gasteiger partial charge in [0.2, 0.25) is 0 Å². The quantitative estimate of drug-likeness (QED) is 0.362. The standard InChI is InChI=1S/C26H20FN5/c1-17(30-23-9-8-22(29-16-23)13-18-4-2-6-21(27)12-18)26-24-14-19(7-10-25(24)31-32-26)20-5-3-11-28-15-20/h2-12,14-16,30H,1,13H2,(H,31,32). The number of rotatable bonds is 6. The van der Waals surface area contributed by atoms with Gasteiger partial charge in [0.25, 0.3) is 0 Å². The van der Waals surface area contributed by atoms with Crippen LogP contribution in [-0.2, 0) is 6.42 Å². The molecule has 0 bridgehead atoms. The molecule has 0 fully saturated rings. The van der Waals surface area contributed by atoms with Gasteiger partial charge in [-0.15, -0.1) is 0 Å². The van der Waals surface area contributed by atoms with Gasteiger partial charge in [-0.05, 0) is 53.6 Å². The van der Waals surface area contributed by atoms with Gasteiger partial charge < -0.3 is 5.32 Å². The van der Waals surface area contributed by atoms with Crippen molar-refractivity contribution in [3.05, 3.63) is 115 Å². The minimum atomic E-state index is -0.241. The maximum absolute atomic E-state index is 13.4. The number of aromatic nitrogens is 4. The van der Waals surface area contributed by atoms with E-state index in [1.54, 1.807) is 18.5 Å². The Morgan fingerprint density at radius 1 is 0.969 bits per heavy atom. The monoisotopic (exact) mass is 421 g/mol. The fourth-order valence-electron chi connectivity index (χ4n) is 3.65. The number of hydrogen-bond acceptors (Lipinski definition) is 4. The number of fused-ring (bicyclic) bond motifs is 1. The Balaban J connectivity index is 1.34. The van der Waals surface area contributed by atoms with Crippen molar-refractivity contribution in [3.8, 4) is 11.1 Å². The molecule has 3 aromatic heterocycles. The van der Waals surface area contributed by atoms with E-state index in [0.29, 0.717) is 12.1 Å². The van der Waals surface area contributed by atoms with Gasteiger partial charge in [0, 0.05) is 35.5 Å². The Hall–Kier alpha value is -4.32. The van der Waals surface area contributed by atoms with Crippen LogP contribution in [-0.4, -0.2) is 20.2 Å². The molecule has 5 aromatic rings. The average Bonchev–Trinajstić information content (AvgIpc) is 3.24. The third-order valence-corrected chi connectivity index (χ3v) is 5.24. The molecule has 0 spiro atoms. The van der Waals surface area contributed by atoms with Crippen molar-refractivity contribution < 1.29 is 4.39 Å². The first kappa shape index (κ1) is 19.6. The van der Waals surface area contributed by atoms with E-state index in [9.17, 15) is 4.39 Å². The van der Waals surface area contributed by atoms with Crippen LogP contribution in [0, 0.1) is 5.82 Å². The predicted octanol–water partition coefficient (Wildman–Crippen LogP) is 5.83. The van der Waals surface area contributed by atoms with Gasteiger partial charge in [0.05, 0.1) is 23.1 Å². The minimum absolute atomic E-state index is 0.241. The second-order valence-corrected chi connectivity index (χ2v) is 7.52. The lowest BCUT2D eigenvalue weighted by Gasteiger charge is -2.09. The maximum Gasteiger partial charge on any atom is 0.123 e. The Kier molecular flexibility index (Phi) is 5.17. The molecule has 0 aliphatic carbocycles. The number of nitrogens with one attached hydrogen (secondary N) is 2. The van der Waals surface area contributed by atoms with Crippen LogP contribution in [0.1, 0.15) is 17.0 Å². The topological polar surface area (TPSA) is 66.5 Å². The van der Waals surface area contributed by atoms with Gasteiger partial charge in [0.15, 0.2) is 0 Å². The number of nitrogens with zero attached hydrogens (tertiary/aromatic N) is 3. The van der Waals surface area contributed by atoms with Crippen LogP contribution in [0.25, 0.3) is 27.7 Å². The number of H-pyrrole nitrogens is 1. The largest absolute Gasteiger partial charge is 0.353 e. The second kappa shape index (κ2) is 8.43. The Bertz CT molecular complexity index is 1390. The summed E-state index contributed by atoms with van der Waals surface area (Å²) in [7, 11) is 0. The summed E-state index contributed by atoms with van der Waals surface area (Å²) in [5.41, 5.74) is 6.99. The highest BCUT2D eigenvalue weighted by Crippen LogP contribution is 2.28. The average molecular weight is 421 g/mol. The summed E-state index contributed by atoms with van der Waals surface area (Å²) in [5.74, 6) is -0.241. The molecule has 2 N–H and O–H groups in total. The van der Waals surface area contributed by atoms with Crippen molar-refractivity contribution in [2.45, 2.75) is 6.42 Å². The molecule has 3 heterocycles.